The summed E-state index contributed by atoms with van der Waals surface area (Å²) in [5.41, 5.74) is 3.96. The van der Waals surface area contributed by atoms with Crippen molar-refractivity contribution in [3.05, 3.63) is 48.5 Å². The van der Waals surface area contributed by atoms with Crippen LogP contribution in [-0.4, -0.2) is 74.7 Å². The Balaban J connectivity index is 0.898. The van der Waals surface area contributed by atoms with Crippen molar-refractivity contribution >= 4 is 28.9 Å². The van der Waals surface area contributed by atoms with Crippen molar-refractivity contribution in [3.8, 4) is 5.75 Å². The van der Waals surface area contributed by atoms with E-state index in [1.165, 1.54) is 51.0 Å². The van der Waals surface area contributed by atoms with Gasteiger partial charge in [-0.15, -0.1) is 0 Å². The second kappa shape index (κ2) is 10.0. The van der Waals surface area contributed by atoms with Gasteiger partial charge >= 0.3 is 0 Å². The topological polar surface area (TPSA) is 77.2 Å². The van der Waals surface area contributed by atoms with Gasteiger partial charge < -0.3 is 19.9 Å². The molecule has 206 valence electrons. The number of piperidine rings is 2. The molecule has 0 radical (unpaired) electrons. The van der Waals surface area contributed by atoms with E-state index in [4.69, 9.17) is 4.74 Å². The summed E-state index contributed by atoms with van der Waals surface area (Å²) >= 11 is 0. The maximum absolute atomic E-state index is 12.1. The van der Waals surface area contributed by atoms with Gasteiger partial charge in [-0.05, 0) is 67.7 Å². The number of para-hydroxylation sites is 1. The van der Waals surface area contributed by atoms with E-state index in [-0.39, 0.29) is 17.9 Å². The summed E-state index contributed by atoms with van der Waals surface area (Å²) in [6.07, 6.45) is 6.33. The van der Waals surface area contributed by atoms with Crippen molar-refractivity contribution in [2.75, 3.05) is 61.0 Å². The summed E-state index contributed by atoms with van der Waals surface area (Å²) in [4.78, 5) is 31.3. The van der Waals surface area contributed by atoms with Crippen LogP contribution >= 0.6 is 0 Å². The van der Waals surface area contributed by atoms with Crippen LogP contribution in [0, 0.1) is 11.3 Å². The van der Waals surface area contributed by atoms with E-state index >= 15 is 0 Å². The smallest absolute Gasteiger partial charge is 0.249 e. The number of piperazine rings is 1. The van der Waals surface area contributed by atoms with Gasteiger partial charge in [0.15, 0.2) is 0 Å². The van der Waals surface area contributed by atoms with E-state index in [0.29, 0.717) is 30.9 Å². The average Bonchev–Trinajstić information content (AvgIpc) is 2.94. The largest absolute Gasteiger partial charge is 0.489 e. The minimum atomic E-state index is -0.386. The van der Waals surface area contributed by atoms with E-state index in [1.54, 1.807) is 0 Å². The minimum Gasteiger partial charge on any atom is -0.489 e. The summed E-state index contributed by atoms with van der Waals surface area (Å²) in [6.45, 7) is 7.47. The highest BCUT2D eigenvalue weighted by Gasteiger charge is 2.46. The van der Waals surface area contributed by atoms with Crippen LogP contribution in [0.3, 0.4) is 0 Å². The van der Waals surface area contributed by atoms with Crippen LogP contribution in [0.15, 0.2) is 48.5 Å². The molecule has 4 heterocycles. The Hall–Kier alpha value is -3.26. The Labute approximate surface area is 230 Å². The molecule has 1 spiro atoms. The SMILES string of the molecule is O=C1CCC(Nc2ccc3c(c2)OCC2CN(CC4CC5(CCN(c6ccccc6)CC5)C4)CCN32)C(=O)N1. The molecular weight excluding hydrogens is 490 g/mol. The van der Waals surface area contributed by atoms with Crippen LogP contribution < -0.4 is 25.2 Å². The highest BCUT2D eigenvalue weighted by atomic mass is 16.5. The molecular formula is C31H39N5O3. The van der Waals surface area contributed by atoms with Crippen LogP contribution in [0.1, 0.15) is 38.5 Å². The fourth-order valence-electron chi connectivity index (χ4n) is 7.67. The van der Waals surface area contributed by atoms with E-state index in [2.05, 4.69) is 61.7 Å². The third-order valence-electron chi connectivity index (χ3n) is 9.75. The summed E-state index contributed by atoms with van der Waals surface area (Å²) in [5.74, 6) is 1.26. The molecule has 3 saturated heterocycles. The van der Waals surface area contributed by atoms with Gasteiger partial charge in [0.1, 0.15) is 18.4 Å². The molecule has 0 bridgehead atoms. The first-order valence-corrected chi connectivity index (χ1v) is 14.7. The molecule has 8 nitrogen and oxygen atoms in total. The van der Waals surface area contributed by atoms with Gasteiger partial charge in [-0.1, -0.05) is 18.2 Å². The Bertz CT molecular complexity index is 1220. The van der Waals surface area contributed by atoms with Gasteiger partial charge in [-0.3, -0.25) is 19.8 Å². The second-order valence-corrected chi connectivity index (χ2v) is 12.3. The number of rotatable bonds is 5. The number of hydrogen-bond donors (Lipinski definition) is 2. The number of nitrogens with one attached hydrogen (secondary N) is 2. The number of carbonyl (C=O) groups is 2. The van der Waals surface area contributed by atoms with Crippen molar-refractivity contribution in [3.63, 3.8) is 0 Å². The molecule has 2 unspecified atom stereocenters. The van der Waals surface area contributed by atoms with Crippen molar-refractivity contribution in [1.29, 1.82) is 0 Å². The highest BCUT2D eigenvalue weighted by Crippen LogP contribution is 2.53. The summed E-state index contributed by atoms with van der Waals surface area (Å²) in [7, 11) is 0. The van der Waals surface area contributed by atoms with E-state index in [9.17, 15) is 9.59 Å². The Morgan fingerprint density at radius 2 is 1.82 bits per heavy atom. The van der Waals surface area contributed by atoms with Crippen LogP contribution in [0.25, 0.3) is 0 Å². The zero-order valence-electron chi connectivity index (χ0n) is 22.6. The average molecular weight is 530 g/mol. The number of nitrogens with zero attached hydrogens (tertiary/aromatic N) is 3. The minimum absolute atomic E-state index is 0.196. The van der Waals surface area contributed by atoms with Gasteiger partial charge in [0, 0.05) is 63.1 Å². The molecule has 1 saturated carbocycles. The maximum atomic E-state index is 12.1. The standard InChI is InChI=1S/C31H39N5O3/c37-29-9-7-26(30(38)33-29)32-23-6-8-27-28(16-23)39-21-25-20-34(14-15-36(25)27)19-22-17-31(18-22)10-12-35(13-11-31)24-4-2-1-3-5-24/h1-6,8,16,22,25-26,32H,7,9-15,17-21H2,(H,33,37,38). The van der Waals surface area contributed by atoms with Crippen molar-refractivity contribution in [1.82, 2.24) is 10.2 Å². The molecule has 5 aliphatic rings. The molecule has 4 aliphatic heterocycles. The number of benzene rings is 2. The zero-order valence-corrected chi connectivity index (χ0v) is 22.6. The lowest BCUT2D eigenvalue weighted by molar-refractivity contribution is -0.133. The fourth-order valence-corrected chi connectivity index (χ4v) is 7.67. The van der Waals surface area contributed by atoms with Crippen LogP contribution in [-0.2, 0) is 9.59 Å². The molecule has 2 atom stereocenters. The molecule has 2 amide bonds. The van der Waals surface area contributed by atoms with Crippen LogP contribution in [0.4, 0.5) is 17.1 Å². The molecule has 1 aliphatic carbocycles. The van der Waals surface area contributed by atoms with E-state index in [0.717, 1.165) is 42.7 Å². The summed E-state index contributed by atoms with van der Waals surface area (Å²) in [6, 6.07) is 17.0. The van der Waals surface area contributed by atoms with Crippen molar-refractivity contribution in [2.24, 2.45) is 11.3 Å². The van der Waals surface area contributed by atoms with Gasteiger partial charge in [0.2, 0.25) is 11.8 Å². The molecule has 2 aromatic carbocycles. The predicted molar refractivity (Wildman–Crippen MR) is 152 cm³/mol. The quantitative estimate of drug-likeness (QED) is 0.575. The third kappa shape index (κ3) is 4.95. The first-order valence-electron chi connectivity index (χ1n) is 14.7. The van der Waals surface area contributed by atoms with E-state index < -0.39 is 0 Å². The highest BCUT2D eigenvalue weighted by molar-refractivity contribution is 6.01. The third-order valence-corrected chi connectivity index (χ3v) is 9.75. The molecule has 0 aromatic heterocycles. The predicted octanol–water partition coefficient (Wildman–Crippen LogP) is 3.48. The lowest BCUT2D eigenvalue weighted by atomic mass is 9.57. The molecule has 7 rings (SSSR count). The normalized spacial score (nSPS) is 26.8. The number of anilines is 3. The Kier molecular flexibility index (Phi) is 6.38. The number of hydrogen-bond acceptors (Lipinski definition) is 7. The van der Waals surface area contributed by atoms with E-state index in [1.807, 2.05) is 12.1 Å². The van der Waals surface area contributed by atoms with Crippen LogP contribution in [0.2, 0.25) is 0 Å². The first kappa shape index (κ1) is 24.8. The number of ether oxygens (including phenoxy) is 1. The molecule has 2 aromatic rings. The monoisotopic (exact) mass is 529 g/mol. The Morgan fingerprint density at radius 3 is 2.62 bits per heavy atom. The summed E-state index contributed by atoms with van der Waals surface area (Å²) in [5, 5.41) is 5.69. The fraction of sp³-hybridized carbons (Fsp3) is 0.548. The molecule has 39 heavy (non-hydrogen) atoms. The van der Waals surface area contributed by atoms with Gasteiger partial charge in [-0.2, -0.15) is 0 Å². The number of imide groups is 1. The van der Waals surface area contributed by atoms with Crippen molar-refractivity contribution in [2.45, 2.75) is 50.6 Å². The lowest BCUT2D eigenvalue weighted by Gasteiger charge is -2.54. The second-order valence-electron chi connectivity index (χ2n) is 12.3. The van der Waals surface area contributed by atoms with Gasteiger partial charge in [0.25, 0.3) is 0 Å². The Morgan fingerprint density at radius 1 is 1.00 bits per heavy atom. The van der Waals surface area contributed by atoms with Gasteiger partial charge in [-0.25, -0.2) is 0 Å². The van der Waals surface area contributed by atoms with Gasteiger partial charge in [0.05, 0.1) is 11.7 Å². The molecule has 8 heteroatoms. The zero-order chi connectivity index (χ0) is 26.4. The molecule has 4 fully saturated rings. The first-order chi connectivity index (χ1) is 19.0. The lowest BCUT2D eigenvalue weighted by Crippen LogP contribution is -2.59. The maximum Gasteiger partial charge on any atom is 0.249 e. The van der Waals surface area contributed by atoms with Crippen LogP contribution in [0.5, 0.6) is 5.75 Å². The van der Waals surface area contributed by atoms with Crippen molar-refractivity contribution < 1.29 is 14.3 Å². The number of carbonyl (C=O) groups excluding carboxylic acids is 2. The number of amides is 2. The number of fused-ring (bicyclic) bond motifs is 3. The molecule has 2 N–H and O–H groups in total. The summed E-state index contributed by atoms with van der Waals surface area (Å²) < 4.78 is 6.23.